The second kappa shape index (κ2) is 9.04. The first kappa shape index (κ1) is 19.7. The highest BCUT2D eigenvalue weighted by molar-refractivity contribution is 14.0. The average molecular weight is 458 g/mol. The molecule has 2 heterocycles. The van der Waals surface area contributed by atoms with E-state index in [4.69, 9.17) is 5.73 Å². The zero-order valence-corrected chi connectivity index (χ0v) is 16.5. The van der Waals surface area contributed by atoms with Crippen molar-refractivity contribution in [1.82, 2.24) is 9.62 Å². The van der Waals surface area contributed by atoms with Gasteiger partial charge < -0.3 is 10.6 Å². The minimum atomic E-state index is -3.40. The van der Waals surface area contributed by atoms with Crippen molar-refractivity contribution in [3.8, 4) is 0 Å². The first-order valence-electron chi connectivity index (χ1n) is 7.07. The highest BCUT2D eigenvalue weighted by Gasteiger charge is 2.17. The summed E-state index contributed by atoms with van der Waals surface area (Å²) in [5, 5.41) is 1.74. The second-order valence-electron chi connectivity index (χ2n) is 5.24. The van der Waals surface area contributed by atoms with E-state index in [2.05, 4.69) is 21.5 Å². The predicted octanol–water partition coefficient (Wildman–Crippen LogP) is 1.69. The standard InChI is InChI=1S/C13H22N4O2S2.HI/c1-11-4-8-17(9-5-11)13(14)15-6-7-16-21(18,19)12-3-2-10-20-12;/h2-3,10-11,16H,4-9H2,1H3,(H2,14,15);1H. The van der Waals surface area contributed by atoms with E-state index in [1.807, 2.05) is 0 Å². The monoisotopic (exact) mass is 458 g/mol. The quantitative estimate of drug-likeness (QED) is 0.304. The Bertz CT molecular complexity index is 567. The number of hydrogen-bond donors (Lipinski definition) is 2. The number of guanidine groups is 1. The maximum atomic E-state index is 11.9. The molecule has 0 spiro atoms. The Morgan fingerprint density at radius 1 is 1.50 bits per heavy atom. The summed E-state index contributed by atoms with van der Waals surface area (Å²) in [7, 11) is -3.40. The average Bonchev–Trinajstić information content (AvgIpc) is 2.99. The van der Waals surface area contributed by atoms with Gasteiger partial charge in [0.05, 0.1) is 6.54 Å². The lowest BCUT2D eigenvalue weighted by Crippen LogP contribution is -2.42. The predicted molar refractivity (Wildman–Crippen MR) is 101 cm³/mol. The van der Waals surface area contributed by atoms with Crippen LogP contribution in [0, 0.1) is 5.92 Å². The number of piperidine rings is 1. The highest BCUT2D eigenvalue weighted by Crippen LogP contribution is 2.16. The van der Waals surface area contributed by atoms with Gasteiger partial charge in [-0.15, -0.1) is 35.3 Å². The molecule has 0 saturated carbocycles. The molecule has 0 radical (unpaired) electrons. The molecule has 0 unspecified atom stereocenters. The molecule has 0 amide bonds. The van der Waals surface area contributed by atoms with E-state index < -0.39 is 10.0 Å². The van der Waals surface area contributed by atoms with E-state index in [0.29, 0.717) is 16.7 Å². The van der Waals surface area contributed by atoms with E-state index in [0.717, 1.165) is 31.8 Å². The number of nitrogens with zero attached hydrogens (tertiary/aromatic N) is 2. The van der Waals surface area contributed by atoms with Gasteiger partial charge in [0, 0.05) is 19.6 Å². The van der Waals surface area contributed by atoms with Crippen molar-refractivity contribution >= 4 is 51.3 Å². The molecule has 22 heavy (non-hydrogen) atoms. The van der Waals surface area contributed by atoms with Crippen LogP contribution in [0.15, 0.2) is 26.7 Å². The summed E-state index contributed by atoms with van der Waals surface area (Å²) in [5.74, 6) is 1.25. The molecule has 1 fully saturated rings. The van der Waals surface area contributed by atoms with Gasteiger partial charge in [-0.3, -0.25) is 4.99 Å². The van der Waals surface area contributed by atoms with Gasteiger partial charge in [0.1, 0.15) is 4.21 Å². The van der Waals surface area contributed by atoms with Gasteiger partial charge in [0.2, 0.25) is 10.0 Å². The molecule has 1 aliphatic heterocycles. The van der Waals surface area contributed by atoms with Crippen LogP contribution in [0.5, 0.6) is 0 Å². The zero-order valence-electron chi connectivity index (χ0n) is 12.6. The van der Waals surface area contributed by atoms with Crippen LogP contribution in [0.3, 0.4) is 0 Å². The fraction of sp³-hybridized carbons (Fsp3) is 0.615. The Morgan fingerprint density at radius 3 is 2.77 bits per heavy atom. The summed E-state index contributed by atoms with van der Waals surface area (Å²) < 4.78 is 26.6. The number of aliphatic imine (C=N–C) groups is 1. The number of sulfonamides is 1. The Kier molecular flexibility index (Phi) is 8.08. The van der Waals surface area contributed by atoms with E-state index in [-0.39, 0.29) is 30.5 Å². The Labute approximate surface area is 153 Å². The van der Waals surface area contributed by atoms with Crippen molar-refractivity contribution in [2.75, 3.05) is 26.2 Å². The van der Waals surface area contributed by atoms with Gasteiger partial charge in [-0.1, -0.05) is 13.0 Å². The van der Waals surface area contributed by atoms with Gasteiger partial charge in [-0.2, -0.15) is 0 Å². The molecule has 9 heteroatoms. The Hall–Kier alpha value is -0.390. The molecular weight excluding hydrogens is 435 g/mol. The van der Waals surface area contributed by atoms with Gasteiger partial charge in [0.25, 0.3) is 0 Å². The first-order chi connectivity index (χ1) is 9.99. The third-order valence-corrected chi connectivity index (χ3v) is 6.40. The van der Waals surface area contributed by atoms with Gasteiger partial charge in [0.15, 0.2) is 5.96 Å². The minimum absolute atomic E-state index is 0. The van der Waals surface area contributed by atoms with Crippen LogP contribution >= 0.6 is 35.3 Å². The summed E-state index contributed by atoms with van der Waals surface area (Å²) in [4.78, 5) is 6.32. The number of likely N-dealkylation sites (tertiary alicyclic amines) is 1. The van der Waals surface area contributed by atoms with E-state index in [9.17, 15) is 8.42 Å². The minimum Gasteiger partial charge on any atom is -0.370 e. The molecule has 0 aliphatic carbocycles. The van der Waals surface area contributed by atoms with Gasteiger partial charge >= 0.3 is 0 Å². The Balaban J connectivity index is 0.00000242. The molecule has 1 aliphatic rings. The molecule has 1 aromatic rings. The largest absolute Gasteiger partial charge is 0.370 e. The number of nitrogens with two attached hydrogens (primary N) is 1. The van der Waals surface area contributed by atoms with Crippen molar-refractivity contribution in [1.29, 1.82) is 0 Å². The van der Waals surface area contributed by atoms with Crippen LogP contribution in [-0.2, 0) is 10.0 Å². The lowest BCUT2D eigenvalue weighted by Gasteiger charge is -2.31. The van der Waals surface area contributed by atoms with Crippen molar-refractivity contribution in [3.63, 3.8) is 0 Å². The number of halogens is 1. The SMILES string of the molecule is CC1CCN(C(N)=NCCNS(=O)(=O)c2cccs2)CC1.I. The Morgan fingerprint density at radius 2 is 2.18 bits per heavy atom. The number of nitrogens with one attached hydrogen (secondary N) is 1. The maximum Gasteiger partial charge on any atom is 0.250 e. The summed E-state index contributed by atoms with van der Waals surface area (Å²) in [6.07, 6.45) is 2.25. The van der Waals surface area contributed by atoms with Crippen molar-refractivity contribution in [2.24, 2.45) is 16.6 Å². The highest BCUT2D eigenvalue weighted by atomic mass is 127. The van der Waals surface area contributed by atoms with Gasteiger partial charge in [-0.05, 0) is 30.2 Å². The van der Waals surface area contributed by atoms with Crippen LogP contribution in [0.4, 0.5) is 0 Å². The molecular formula is C13H23IN4O2S2. The molecule has 126 valence electrons. The lowest BCUT2D eigenvalue weighted by atomic mass is 10.00. The molecule has 2 rings (SSSR count). The second-order valence-corrected chi connectivity index (χ2v) is 8.18. The molecule has 0 atom stereocenters. The summed E-state index contributed by atoms with van der Waals surface area (Å²) in [6.45, 7) is 4.70. The van der Waals surface area contributed by atoms with E-state index in [1.165, 1.54) is 11.3 Å². The zero-order chi connectivity index (χ0) is 15.3. The van der Waals surface area contributed by atoms with Crippen LogP contribution < -0.4 is 10.5 Å². The summed E-state index contributed by atoms with van der Waals surface area (Å²) in [5.41, 5.74) is 5.94. The van der Waals surface area contributed by atoms with Crippen molar-refractivity contribution in [3.05, 3.63) is 17.5 Å². The number of thiophene rings is 1. The number of hydrogen-bond acceptors (Lipinski definition) is 4. The maximum absolute atomic E-state index is 11.9. The number of rotatable bonds is 5. The lowest BCUT2D eigenvalue weighted by molar-refractivity contribution is 0.277. The first-order valence-corrected chi connectivity index (χ1v) is 9.43. The summed E-state index contributed by atoms with van der Waals surface area (Å²) in [6, 6.07) is 3.30. The molecule has 1 aromatic heterocycles. The van der Waals surface area contributed by atoms with E-state index in [1.54, 1.807) is 17.5 Å². The van der Waals surface area contributed by atoms with Crippen LogP contribution in [0.25, 0.3) is 0 Å². The van der Waals surface area contributed by atoms with Crippen molar-refractivity contribution in [2.45, 2.75) is 24.0 Å². The smallest absolute Gasteiger partial charge is 0.250 e. The normalized spacial score (nSPS) is 17.3. The van der Waals surface area contributed by atoms with Crippen LogP contribution in [-0.4, -0.2) is 45.5 Å². The fourth-order valence-electron chi connectivity index (χ4n) is 2.18. The molecule has 6 nitrogen and oxygen atoms in total. The third-order valence-electron chi connectivity index (χ3n) is 3.55. The molecule has 0 bridgehead atoms. The fourth-order valence-corrected chi connectivity index (χ4v) is 4.23. The van der Waals surface area contributed by atoms with E-state index >= 15 is 0 Å². The van der Waals surface area contributed by atoms with Crippen LogP contribution in [0.2, 0.25) is 0 Å². The topological polar surface area (TPSA) is 87.8 Å². The molecule has 0 aromatic carbocycles. The van der Waals surface area contributed by atoms with Crippen molar-refractivity contribution < 1.29 is 8.42 Å². The van der Waals surface area contributed by atoms with Gasteiger partial charge in [-0.25, -0.2) is 13.1 Å². The summed E-state index contributed by atoms with van der Waals surface area (Å²) >= 11 is 1.20. The molecule has 1 saturated heterocycles. The van der Waals surface area contributed by atoms with Crippen LogP contribution in [0.1, 0.15) is 19.8 Å². The third kappa shape index (κ3) is 5.67. The molecule has 3 N–H and O–H groups in total.